The molecule has 1 aromatic carbocycles. The minimum atomic E-state index is -0.365. The first kappa shape index (κ1) is 11.4. The number of fused-ring (bicyclic) bond motifs is 1. The monoisotopic (exact) mass is 256 g/mol. The van der Waals surface area contributed by atoms with E-state index in [0.717, 1.165) is 16.2 Å². The summed E-state index contributed by atoms with van der Waals surface area (Å²) in [5.41, 5.74) is 7.70. The van der Waals surface area contributed by atoms with Crippen molar-refractivity contribution in [3.63, 3.8) is 0 Å². The van der Waals surface area contributed by atoms with Gasteiger partial charge in [0.15, 0.2) is 5.78 Å². The van der Waals surface area contributed by atoms with E-state index < -0.39 is 0 Å². The maximum atomic E-state index is 12.3. The van der Waals surface area contributed by atoms with E-state index in [-0.39, 0.29) is 17.1 Å². The number of carbonyl (C=O) groups is 1. The number of hydrogen-bond donors (Lipinski definition) is 1. The SMILES string of the molecule is NC(c1ccccn1)C1Sc2ccccc2C1=O. The number of nitrogens with two attached hydrogens (primary N) is 1. The number of carbonyl (C=O) groups excluding carboxylic acids is 1. The Hall–Kier alpha value is -1.65. The minimum Gasteiger partial charge on any atom is -0.321 e. The van der Waals surface area contributed by atoms with E-state index in [1.807, 2.05) is 42.5 Å². The molecule has 0 radical (unpaired) electrons. The molecule has 0 amide bonds. The molecule has 2 heterocycles. The Kier molecular flexibility index (Phi) is 2.89. The topological polar surface area (TPSA) is 56.0 Å². The third-order valence-corrected chi connectivity index (χ3v) is 4.39. The summed E-state index contributed by atoms with van der Waals surface area (Å²) in [6, 6.07) is 12.9. The zero-order valence-corrected chi connectivity index (χ0v) is 10.4. The Balaban J connectivity index is 1.91. The Morgan fingerprint density at radius 3 is 2.67 bits per heavy atom. The summed E-state index contributed by atoms with van der Waals surface area (Å²) in [6.07, 6.45) is 1.70. The zero-order chi connectivity index (χ0) is 12.5. The molecule has 4 heteroatoms. The fraction of sp³-hybridized carbons (Fsp3) is 0.143. The highest BCUT2D eigenvalue weighted by atomic mass is 32.2. The number of benzene rings is 1. The lowest BCUT2D eigenvalue weighted by Crippen LogP contribution is -2.28. The van der Waals surface area contributed by atoms with Crippen LogP contribution in [0.2, 0.25) is 0 Å². The molecule has 0 saturated heterocycles. The molecule has 0 aliphatic carbocycles. The van der Waals surface area contributed by atoms with Crippen molar-refractivity contribution in [3.8, 4) is 0 Å². The highest BCUT2D eigenvalue weighted by Gasteiger charge is 2.36. The molecule has 2 unspecified atom stereocenters. The van der Waals surface area contributed by atoms with Gasteiger partial charge in [0.1, 0.15) is 0 Å². The van der Waals surface area contributed by atoms with Crippen LogP contribution in [-0.2, 0) is 0 Å². The molecular formula is C14H12N2OS. The average molecular weight is 256 g/mol. The van der Waals surface area contributed by atoms with Gasteiger partial charge in [0.25, 0.3) is 0 Å². The molecule has 2 N–H and O–H groups in total. The van der Waals surface area contributed by atoms with Crippen LogP contribution < -0.4 is 5.73 Å². The maximum Gasteiger partial charge on any atom is 0.179 e. The Morgan fingerprint density at radius 2 is 1.94 bits per heavy atom. The van der Waals surface area contributed by atoms with E-state index in [9.17, 15) is 4.79 Å². The molecule has 0 spiro atoms. The number of Topliss-reactive ketones (excluding diaryl/α,β-unsaturated/α-hetero) is 1. The zero-order valence-electron chi connectivity index (χ0n) is 9.61. The smallest absolute Gasteiger partial charge is 0.179 e. The molecule has 3 nitrogen and oxygen atoms in total. The number of rotatable bonds is 2. The summed E-state index contributed by atoms with van der Waals surface area (Å²) < 4.78 is 0. The fourth-order valence-corrected chi connectivity index (χ4v) is 3.33. The van der Waals surface area contributed by atoms with Crippen LogP contribution in [0.3, 0.4) is 0 Å². The summed E-state index contributed by atoms with van der Waals surface area (Å²) >= 11 is 1.53. The molecule has 3 rings (SSSR count). The van der Waals surface area contributed by atoms with Gasteiger partial charge in [0.05, 0.1) is 17.0 Å². The van der Waals surface area contributed by atoms with Crippen molar-refractivity contribution in [2.24, 2.45) is 5.73 Å². The van der Waals surface area contributed by atoms with Gasteiger partial charge in [-0.15, -0.1) is 11.8 Å². The van der Waals surface area contributed by atoms with Crippen molar-refractivity contribution >= 4 is 17.5 Å². The van der Waals surface area contributed by atoms with Crippen molar-refractivity contribution in [1.29, 1.82) is 0 Å². The highest BCUT2D eigenvalue weighted by molar-refractivity contribution is 8.01. The van der Waals surface area contributed by atoms with Crippen LogP contribution in [0.25, 0.3) is 0 Å². The molecular weight excluding hydrogens is 244 g/mol. The molecule has 1 aromatic heterocycles. The molecule has 0 saturated carbocycles. The van der Waals surface area contributed by atoms with E-state index in [0.29, 0.717) is 0 Å². The number of nitrogens with zero attached hydrogens (tertiary/aromatic N) is 1. The predicted molar refractivity (Wildman–Crippen MR) is 71.6 cm³/mol. The van der Waals surface area contributed by atoms with E-state index >= 15 is 0 Å². The standard InChI is InChI=1S/C14H12N2OS/c15-12(10-6-3-4-8-16-10)14-13(17)9-5-1-2-7-11(9)18-14/h1-8,12,14H,15H2. The van der Waals surface area contributed by atoms with Crippen molar-refractivity contribution in [2.45, 2.75) is 16.2 Å². The number of hydrogen-bond acceptors (Lipinski definition) is 4. The maximum absolute atomic E-state index is 12.3. The molecule has 2 aromatic rings. The van der Waals surface area contributed by atoms with E-state index in [2.05, 4.69) is 4.98 Å². The van der Waals surface area contributed by atoms with Gasteiger partial charge in [-0.3, -0.25) is 9.78 Å². The van der Waals surface area contributed by atoms with Crippen LogP contribution in [0.1, 0.15) is 22.1 Å². The second-order valence-electron chi connectivity index (χ2n) is 4.18. The van der Waals surface area contributed by atoms with Crippen molar-refractivity contribution < 1.29 is 4.79 Å². The van der Waals surface area contributed by atoms with Gasteiger partial charge in [-0.25, -0.2) is 0 Å². The predicted octanol–water partition coefficient (Wildman–Crippen LogP) is 2.44. The second-order valence-corrected chi connectivity index (χ2v) is 5.36. The van der Waals surface area contributed by atoms with E-state index in [1.165, 1.54) is 11.8 Å². The molecule has 18 heavy (non-hydrogen) atoms. The minimum absolute atomic E-state index is 0.105. The van der Waals surface area contributed by atoms with Gasteiger partial charge in [-0.2, -0.15) is 0 Å². The normalized spacial score (nSPS) is 19.6. The van der Waals surface area contributed by atoms with Crippen LogP contribution in [0.4, 0.5) is 0 Å². The highest BCUT2D eigenvalue weighted by Crippen LogP contribution is 2.41. The lowest BCUT2D eigenvalue weighted by atomic mass is 10.0. The van der Waals surface area contributed by atoms with Gasteiger partial charge in [-0.05, 0) is 18.2 Å². The Bertz CT molecular complexity index is 585. The van der Waals surface area contributed by atoms with Crippen LogP contribution in [0.15, 0.2) is 53.6 Å². The molecule has 90 valence electrons. The summed E-state index contributed by atoms with van der Waals surface area (Å²) in [7, 11) is 0. The quantitative estimate of drug-likeness (QED) is 0.896. The second kappa shape index (κ2) is 4.55. The summed E-state index contributed by atoms with van der Waals surface area (Å²) in [5.74, 6) is 0.105. The van der Waals surface area contributed by atoms with Crippen LogP contribution in [0, 0.1) is 0 Å². The number of thioether (sulfide) groups is 1. The van der Waals surface area contributed by atoms with E-state index in [1.54, 1.807) is 6.20 Å². The third kappa shape index (κ3) is 1.83. The average Bonchev–Trinajstić information content (AvgIpc) is 2.77. The summed E-state index contributed by atoms with van der Waals surface area (Å²) in [5, 5.41) is -0.266. The Labute approximate surface area is 109 Å². The first-order valence-corrected chi connectivity index (χ1v) is 6.62. The number of aromatic nitrogens is 1. The lowest BCUT2D eigenvalue weighted by Gasteiger charge is -2.16. The lowest BCUT2D eigenvalue weighted by molar-refractivity contribution is 0.0983. The molecule has 2 atom stereocenters. The van der Waals surface area contributed by atoms with Gasteiger partial charge in [0.2, 0.25) is 0 Å². The van der Waals surface area contributed by atoms with Crippen molar-refractivity contribution in [1.82, 2.24) is 4.98 Å². The van der Waals surface area contributed by atoms with Crippen molar-refractivity contribution in [2.75, 3.05) is 0 Å². The molecule has 1 aliphatic rings. The van der Waals surface area contributed by atoms with Gasteiger partial charge < -0.3 is 5.73 Å². The summed E-state index contributed by atoms with van der Waals surface area (Å²) in [6.45, 7) is 0. The Morgan fingerprint density at radius 1 is 1.17 bits per heavy atom. The third-order valence-electron chi connectivity index (χ3n) is 3.02. The van der Waals surface area contributed by atoms with Crippen LogP contribution >= 0.6 is 11.8 Å². The number of pyridine rings is 1. The van der Waals surface area contributed by atoms with Gasteiger partial charge >= 0.3 is 0 Å². The molecule has 0 bridgehead atoms. The molecule has 1 aliphatic heterocycles. The van der Waals surface area contributed by atoms with Crippen molar-refractivity contribution in [3.05, 3.63) is 59.9 Å². The summed E-state index contributed by atoms with van der Waals surface area (Å²) in [4.78, 5) is 17.5. The van der Waals surface area contributed by atoms with E-state index in [4.69, 9.17) is 5.73 Å². The van der Waals surface area contributed by atoms with Crippen LogP contribution in [-0.4, -0.2) is 16.0 Å². The first-order valence-electron chi connectivity index (χ1n) is 5.74. The van der Waals surface area contributed by atoms with Crippen LogP contribution in [0.5, 0.6) is 0 Å². The van der Waals surface area contributed by atoms with Gasteiger partial charge in [-0.1, -0.05) is 24.3 Å². The first-order chi connectivity index (χ1) is 8.77. The fourth-order valence-electron chi connectivity index (χ4n) is 2.08. The molecule has 0 fully saturated rings. The number of ketones is 1. The van der Waals surface area contributed by atoms with Gasteiger partial charge in [0, 0.05) is 16.7 Å². The largest absolute Gasteiger partial charge is 0.321 e.